The fraction of sp³-hybridized carbons (Fsp3) is 0. The molecule has 0 aliphatic heterocycles. The number of rotatable bonds is 2. The number of nitrogens with zero attached hydrogens (tertiary/aromatic N) is 2. The molecule has 10 nitrogen and oxygen atoms in total. The summed E-state index contributed by atoms with van der Waals surface area (Å²) < 4.78 is 0. The van der Waals surface area contributed by atoms with Gasteiger partial charge in [0.2, 0.25) is 5.78 Å². The van der Waals surface area contributed by atoms with Crippen LogP contribution < -0.4 is 0 Å². The standard InChI is InChI=1S/C14H6N2O8/c17-5-1-8-12(10(2-5)16(23)24)14(20)6-3-9(15(21)22)11(18)4-7(6)13(8)19/h1-4,17-18H. The number of hydrogen-bond donors (Lipinski definition) is 2. The van der Waals surface area contributed by atoms with Crippen LogP contribution in [-0.4, -0.2) is 31.6 Å². The average molecular weight is 330 g/mol. The summed E-state index contributed by atoms with van der Waals surface area (Å²) in [4.78, 5) is 45.1. The molecule has 0 saturated carbocycles. The highest BCUT2D eigenvalue weighted by atomic mass is 16.6. The van der Waals surface area contributed by atoms with Crippen LogP contribution in [0.15, 0.2) is 24.3 Å². The molecule has 0 heterocycles. The molecule has 1 aliphatic rings. The van der Waals surface area contributed by atoms with Gasteiger partial charge in [-0.1, -0.05) is 0 Å². The van der Waals surface area contributed by atoms with Gasteiger partial charge in [0.1, 0.15) is 11.3 Å². The molecule has 0 fully saturated rings. The van der Waals surface area contributed by atoms with Gasteiger partial charge in [-0.2, -0.15) is 0 Å². The average Bonchev–Trinajstić information content (AvgIpc) is 2.50. The zero-order valence-electron chi connectivity index (χ0n) is 11.5. The Kier molecular flexibility index (Phi) is 3.04. The lowest BCUT2D eigenvalue weighted by molar-refractivity contribution is -0.386. The van der Waals surface area contributed by atoms with Gasteiger partial charge in [-0.25, -0.2) is 0 Å². The molecule has 0 aromatic heterocycles. The lowest BCUT2D eigenvalue weighted by atomic mass is 9.82. The van der Waals surface area contributed by atoms with Crippen molar-refractivity contribution in [3.8, 4) is 11.5 Å². The van der Waals surface area contributed by atoms with E-state index in [9.17, 15) is 40.0 Å². The molecule has 24 heavy (non-hydrogen) atoms. The van der Waals surface area contributed by atoms with Crippen LogP contribution in [0.1, 0.15) is 31.8 Å². The maximum Gasteiger partial charge on any atom is 0.311 e. The van der Waals surface area contributed by atoms with E-state index in [-0.39, 0.29) is 5.56 Å². The van der Waals surface area contributed by atoms with Crippen molar-refractivity contribution >= 4 is 22.9 Å². The van der Waals surface area contributed by atoms with Gasteiger partial charge in [0.25, 0.3) is 5.69 Å². The van der Waals surface area contributed by atoms with E-state index in [1.54, 1.807) is 0 Å². The van der Waals surface area contributed by atoms with Crippen LogP contribution in [0.5, 0.6) is 11.5 Å². The van der Waals surface area contributed by atoms with Crippen molar-refractivity contribution in [3.63, 3.8) is 0 Å². The highest BCUT2D eigenvalue weighted by Crippen LogP contribution is 2.39. The number of aromatic hydroxyl groups is 2. The number of carbonyl (C=O) groups is 2. The predicted molar refractivity (Wildman–Crippen MR) is 76.4 cm³/mol. The molecule has 2 aromatic carbocycles. The summed E-state index contributed by atoms with van der Waals surface area (Å²) in [6, 6.07) is 3.06. The molecule has 0 spiro atoms. The summed E-state index contributed by atoms with van der Waals surface area (Å²) in [6.45, 7) is 0. The first kappa shape index (κ1) is 15.1. The van der Waals surface area contributed by atoms with Crippen LogP contribution in [0.25, 0.3) is 0 Å². The molecule has 0 saturated heterocycles. The third-order valence-electron chi connectivity index (χ3n) is 3.57. The van der Waals surface area contributed by atoms with Gasteiger partial charge in [0.05, 0.1) is 15.9 Å². The summed E-state index contributed by atoms with van der Waals surface area (Å²) in [5, 5.41) is 41.1. The first-order valence-corrected chi connectivity index (χ1v) is 6.34. The summed E-state index contributed by atoms with van der Waals surface area (Å²) in [5.74, 6) is -3.26. The van der Waals surface area contributed by atoms with Crippen molar-refractivity contribution in [1.29, 1.82) is 0 Å². The quantitative estimate of drug-likeness (QED) is 0.530. The number of benzene rings is 2. The smallest absolute Gasteiger partial charge is 0.311 e. The second-order valence-corrected chi connectivity index (χ2v) is 4.95. The maximum atomic E-state index is 12.5. The normalized spacial score (nSPS) is 12.5. The summed E-state index contributed by atoms with van der Waals surface area (Å²) in [5.41, 5.74) is -3.33. The van der Waals surface area contributed by atoms with E-state index in [4.69, 9.17) is 0 Å². The molecule has 0 bridgehead atoms. The second kappa shape index (κ2) is 4.84. The SMILES string of the molecule is O=C1c2cc(O)c([N+](=O)[O-])cc2C(=O)c2c1cc(O)cc2[N+](=O)[O-]. The summed E-state index contributed by atoms with van der Waals surface area (Å²) in [7, 11) is 0. The minimum Gasteiger partial charge on any atom is -0.508 e. The second-order valence-electron chi connectivity index (χ2n) is 4.95. The third-order valence-corrected chi connectivity index (χ3v) is 3.57. The molecule has 1 aliphatic carbocycles. The maximum absolute atomic E-state index is 12.5. The predicted octanol–water partition coefficient (Wildman–Crippen LogP) is 1.69. The molecular weight excluding hydrogens is 324 g/mol. The first-order valence-electron chi connectivity index (χ1n) is 6.34. The molecular formula is C14H6N2O8. The zero-order chi connectivity index (χ0) is 17.8. The van der Waals surface area contributed by atoms with Crippen LogP contribution in [0.4, 0.5) is 11.4 Å². The number of phenolic OH excluding ortho intramolecular Hbond substituents is 2. The van der Waals surface area contributed by atoms with Gasteiger partial charge < -0.3 is 10.2 Å². The highest BCUT2D eigenvalue weighted by Gasteiger charge is 2.38. The number of nitro groups is 2. The monoisotopic (exact) mass is 330 g/mol. The van der Waals surface area contributed by atoms with E-state index in [0.717, 1.165) is 12.1 Å². The van der Waals surface area contributed by atoms with Gasteiger partial charge in [0, 0.05) is 22.8 Å². The van der Waals surface area contributed by atoms with E-state index in [1.807, 2.05) is 0 Å². The van der Waals surface area contributed by atoms with E-state index in [1.165, 1.54) is 0 Å². The molecule has 0 amide bonds. The number of carbonyl (C=O) groups excluding carboxylic acids is 2. The number of hydrogen-bond acceptors (Lipinski definition) is 8. The van der Waals surface area contributed by atoms with Gasteiger partial charge in [-0.15, -0.1) is 0 Å². The Hall–Kier alpha value is -3.82. The minimum atomic E-state index is -0.977. The Bertz CT molecular complexity index is 979. The Morgan fingerprint density at radius 1 is 0.750 bits per heavy atom. The molecule has 0 atom stereocenters. The Labute approximate surface area is 131 Å². The van der Waals surface area contributed by atoms with Crippen molar-refractivity contribution in [3.05, 3.63) is 66.7 Å². The van der Waals surface area contributed by atoms with Gasteiger partial charge in [-0.3, -0.25) is 29.8 Å². The third kappa shape index (κ3) is 1.97. The zero-order valence-corrected chi connectivity index (χ0v) is 11.5. The van der Waals surface area contributed by atoms with Crippen LogP contribution in [0.3, 0.4) is 0 Å². The van der Waals surface area contributed by atoms with E-state index < -0.39 is 61.0 Å². The van der Waals surface area contributed by atoms with Crippen molar-refractivity contribution < 1.29 is 29.6 Å². The molecule has 2 N–H and O–H groups in total. The van der Waals surface area contributed by atoms with Crippen LogP contribution >= 0.6 is 0 Å². The van der Waals surface area contributed by atoms with Crippen molar-refractivity contribution in [2.24, 2.45) is 0 Å². The van der Waals surface area contributed by atoms with E-state index in [0.29, 0.717) is 12.1 Å². The molecule has 0 unspecified atom stereocenters. The Morgan fingerprint density at radius 2 is 1.33 bits per heavy atom. The van der Waals surface area contributed by atoms with E-state index >= 15 is 0 Å². The molecule has 2 aromatic rings. The molecule has 10 heteroatoms. The number of fused-ring (bicyclic) bond motifs is 2. The van der Waals surface area contributed by atoms with Crippen LogP contribution in [0.2, 0.25) is 0 Å². The Morgan fingerprint density at radius 3 is 1.92 bits per heavy atom. The topological polar surface area (TPSA) is 161 Å². The Balaban J connectivity index is 2.37. The summed E-state index contributed by atoms with van der Waals surface area (Å²) in [6.07, 6.45) is 0. The number of nitro benzene ring substituents is 2. The van der Waals surface area contributed by atoms with Gasteiger partial charge in [0.15, 0.2) is 11.5 Å². The van der Waals surface area contributed by atoms with Gasteiger partial charge in [-0.05, 0) is 12.1 Å². The van der Waals surface area contributed by atoms with Crippen molar-refractivity contribution in [2.45, 2.75) is 0 Å². The fourth-order valence-electron chi connectivity index (χ4n) is 2.55. The molecule has 120 valence electrons. The summed E-state index contributed by atoms with van der Waals surface area (Å²) >= 11 is 0. The minimum absolute atomic E-state index is 0.338. The first-order chi connectivity index (χ1) is 11.2. The van der Waals surface area contributed by atoms with Crippen LogP contribution in [0, 0.1) is 20.2 Å². The van der Waals surface area contributed by atoms with Gasteiger partial charge >= 0.3 is 5.69 Å². The number of phenols is 2. The van der Waals surface area contributed by atoms with Crippen molar-refractivity contribution in [2.75, 3.05) is 0 Å². The highest BCUT2D eigenvalue weighted by molar-refractivity contribution is 6.30. The fourth-order valence-corrected chi connectivity index (χ4v) is 2.55. The van der Waals surface area contributed by atoms with Crippen molar-refractivity contribution in [1.82, 2.24) is 0 Å². The number of ketones is 2. The lowest BCUT2D eigenvalue weighted by Gasteiger charge is -2.17. The molecule has 3 rings (SSSR count). The lowest BCUT2D eigenvalue weighted by Crippen LogP contribution is -2.22. The van der Waals surface area contributed by atoms with E-state index in [2.05, 4.69) is 0 Å². The molecule has 0 radical (unpaired) electrons. The largest absolute Gasteiger partial charge is 0.508 e. The van der Waals surface area contributed by atoms with Crippen LogP contribution in [-0.2, 0) is 0 Å².